The molecule has 2 N–H and O–H groups in total. The van der Waals surface area contributed by atoms with Gasteiger partial charge in [-0.15, -0.1) is 0 Å². The van der Waals surface area contributed by atoms with Crippen LogP contribution in [0.25, 0.3) is 0 Å². The maximum atomic E-state index is 12.8. The Labute approximate surface area is 134 Å². The minimum Gasteiger partial charge on any atom is -0.478 e. The van der Waals surface area contributed by atoms with E-state index in [0.717, 1.165) is 17.7 Å². The molecule has 2 aromatic rings. The summed E-state index contributed by atoms with van der Waals surface area (Å²) < 4.78 is 0. The van der Waals surface area contributed by atoms with Crippen LogP contribution in [0.4, 0.5) is 5.69 Å². The van der Waals surface area contributed by atoms with E-state index in [-0.39, 0.29) is 17.6 Å². The van der Waals surface area contributed by atoms with Gasteiger partial charge < -0.3 is 15.3 Å². The van der Waals surface area contributed by atoms with Crippen molar-refractivity contribution in [1.29, 1.82) is 0 Å². The smallest absolute Gasteiger partial charge is 0.335 e. The number of carbonyl (C=O) groups is 2. The first-order valence-electron chi connectivity index (χ1n) is 7.61. The van der Waals surface area contributed by atoms with E-state index in [0.29, 0.717) is 12.1 Å². The Balaban J connectivity index is 1.99. The summed E-state index contributed by atoms with van der Waals surface area (Å²) in [5.74, 6) is -0.964. The Morgan fingerprint density at radius 3 is 2.52 bits per heavy atom. The van der Waals surface area contributed by atoms with Gasteiger partial charge in [0.1, 0.15) is 6.17 Å². The summed E-state index contributed by atoms with van der Waals surface area (Å²) >= 11 is 0. The Bertz CT molecular complexity index is 740. The van der Waals surface area contributed by atoms with Gasteiger partial charge in [-0.3, -0.25) is 4.79 Å². The number of nitrogens with one attached hydrogen (secondary N) is 1. The largest absolute Gasteiger partial charge is 0.478 e. The van der Waals surface area contributed by atoms with Crippen LogP contribution in [-0.2, 0) is 0 Å². The molecule has 0 aromatic heterocycles. The average molecular weight is 310 g/mol. The molecule has 1 heterocycles. The molecule has 0 unspecified atom stereocenters. The fourth-order valence-electron chi connectivity index (χ4n) is 2.84. The minimum atomic E-state index is -0.958. The molecular formula is C18H18N2O3. The van der Waals surface area contributed by atoms with E-state index in [1.807, 2.05) is 31.2 Å². The van der Waals surface area contributed by atoms with E-state index in [4.69, 9.17) is 5.11 Å². The second-order valence-corrected chi connectivity index (χ2v) is 5.52. The molecule has 5 nitrogen and oxygen atoms in total. The fraction of sp³-hybridized carbons (Fsp3) is 0.222. The van der Waals surface area contributed by atoms with Crippen LogP contribution in [0.15, 0.2) is 48.5 Å². The Morgan fingerprint density at radius 1 is 1.17 bits per heavy atom. The number of benzene rings is 2. The van der Waals surface area contributed by atoms with Gasteiger partial charge >= 0.3 is 5.97 Å². The molecule has 1 atom stereocenters. The first-order valence-corrected chi connectivity index (χ1v) is 7.61. The number of aromatic carboxylic acids is 1. The van der Waals surface area contributed by atoms with Crippen LogP contribution < -0.4 is 5.32 Å². The number of carboxylic acid groups (broad SMARTS) is 1. The highest BCUT2D eigenvalue weighted by atomic mass is 16.4. The summed E-state index contributed by atoms with van der Waals surface area (Å²) in [5.41, 5.74) is 2.57. The van der Waals surface area contributed by atoms with Gasteiger partial charge in [-0.2, -0.15) is 0 Å². The molecule has 0 bridgehead atoms. The van der Waals surface area contributed by atoms with Crippen LogP contribution in [0.2, 0.25) is 0 Å². The van der Waals surface area contributed by atoms with E-state index >= 15 is 0 Å². The quantitative estimate of drug-likeness (QED) is 0.908. The zero-order valence-electron chi connectivity index (χ0n) is 12.8. The maximum absolute atomic E-state index is 12.8. The van der Waals surface area contributed by atoms with Crippen molar-refractivity contribution in [3.63, 3.8) is 0 Å². The van der Waals surface area contributed by atoms with Crippen LogP contribution in [0, 0.1) is 0 Å². The van der Waals surface area contributed by atoms with Crippen LogP contribution in [0.5, 0.6) is 0 Å². The Kier molecular flexibility index (Phi) is 4.02. The second-order valence-electron chi connectivity index (χ2n) is 5.52. The summed E-state index contributed by atoms with van der Waals surface area (Å²) in [5, 5.41) is 12.4. The number of fused-ring (bicyclic) bond motifs is 1. The highest BCUT2D eigenvalue weighted by Gasteiger charge is 2.32. The molecule has 0 saturated heterocycles. The molecule has 5 heteroatoms. The lowest BCUT2D eigenvalue weighted by Gasteiger charge is -2.38. The molecular weight excluding hydrogens is 292 g/mol. The zero-order valence-corrected chi connectivity index (χ0v) is 12.8. The molecule has 3 rings (SSSR count). The fourth-order valence-corrected chi connectivity index (χ4v) is 2.84. The minimum absolute atomic E-state index is 0.00601. The Hall–Kier alpha value is -2.82. The van der Waals surface area contributed by atoms with Crippen LogP contribution in [0.1, 0.15) is 45.8 Å². The van der Waals surface area contributed by atoms with Crippen molar-refractivity contribution in [1.82, 2.24) is 4.90 Å². The van der Waals surface area contributed by atoms with Gasteiger partial charge in [0.25, 0.3) is 5.91 Å². The van der Waals surface area contributed by atoms with Crippen LogP contribution in [-0.4, -0.2) is 28.4 Å². The number of carboxylic acids is 1. The number of hydrogen-bond donors (Lipinski definition) is 2. The Morgan fingerprint density at radius 2 is 1.87 bits per heavy atom. The van der Waals surface area contributed by atoms with E-state index < -0.39 is 5.97 Å². The van der Waals surface area contributed by atoms with E-state index in [1.54, 1.807) is 29.2 Å². The lowest BCUT2D eigenvalue weighted by molar-refractivity contribution is 0.0676. The maximum Gasteiger partial charge on any atom is 0.335 e. The number of carbonyl (C=O) groups excluding carboxylic acids is 1. The van der Waals surface area contributed by atoms with Gasteiger partial charge in [0, 0.05) is 12.2 Å². The predicted molar refractivity (Wildman–Crippen MR) is 87.5 cm³/mol. The molecule has 0 aliphatic carbocycles. The number of para-hydroxylation sites is 1. The first kappa shape index (κ1) is 15.1. The van der Waals surface area contributed by atoms with Crippen molar-refractivity contribution in [3.8, 4) is 0 Å². The average Bonchev–Trinajstić information content (AvgIpc) is 2.57. The normalized spacial score (nSPS) is 16.7. The molecule has 1 aliphatic heterocycles. The van der Waals surface area contributed by atoms with Crippen molar-refractivity contribution in [2.24, 2.45) is 0 Å². The standard InChI is InChI=1S/C18H18N2O3/c1-2-11-20-16(12-7-9-13(10-8-12)18(22)23)19-15-6-4-3-5-14(15)17(20)21/h3-10,16,19H,2,11H2,1H3,(H,22,23)/t16-/m1/s1. The third kappa shape index (κ3) is 2.77. The van der Waals surface area contributed by atoms with Crippen molar-refractivity contribution < 1.29 is 14.7 Å². The number of rotatable bonds is 4. The van der Waals surface area contributed by atoms with E-state index in [1.165, 1.54) is 0 Å². The molecule has 2 aromatic carbocycles. The third-order valence-electron chi connectivity index (χ3n) is 3.96. The van der Waals surface area contributed by atoms with Gasteiger partial charge in [-0.25, -0.2) is 4.79 Å². The highest BCUT2D eigenvalue weighted by Crippen LogP contribution is 2.33. The third-order valence-corrected chi connectivity index (χ3v) is 3.96. The number of nitrogens with zero attached hydrogens (tertiary/aromatic N) is 1. The van der Waals surface area contributed by atoms with Gasteiger partial charge in [-0.05, 0) is 36.2 Å². The molecule has 0 saturated carbocycles. The molecule has 0 fully saturated rings. The molecule has 0 radical (unpaired) electrons. The monoisotopic (exact) mass is 310 g/mol. The van der Waals surface area contributed by atoms with Crippen LogP contribution in [0.3, 0.4) is 0 Å². The SMILES string of the molecule is CCCN1C(=O)c2ccccc2N[C@H]1c1ccc(C(=O)O)cc1. The summed E-state index contributed by atoms with van der Waals surface area (Å²) in [4.78, 5) is 25.5. The zero-order chi connectivity index (χ0) is 16.4. The summed E-state index contributed by atoms with van der Waals surface area (Å²) in [7, 11) is 0. The van der Waals surface area contributed by atoms with Crippen molar-refractivity contribution in [2.75, 3.05) is 11.9 Å². The number of amides is 1. The molecule has 0 spiro atoms. The summed E-state index contributed by atoms with van der Waals surface area (Å²) in [6.07, 6.45) is 0.555. The molecule has 23 heavy (non-hydrogen) atoms. The van der Waals surface area contributed by atoms with Crippen molar-refractivity contribution >= 4 is 17.6 Å². The van der Waals surface area contributed by atoms with Gasteiger partial charge in [0.05, 0.1) is 11.1 Å². The second kappa shape index (κ2) is 6.12. The van der Waals surface area contributed by atoms with Gasteiger partial charge in [-0.1, -0.05) is 31.2 Å². The van der Waals surface area contributed by atoms with Crippen molar-refractivity contribution in [2.45, 2.75) is 19.5 Å². The molecule has 1 amide bonds. The van der Waals surface area contributed by atoms with Gasteiger partial charge in [0.2, 0.25) is 0 Å². The van der Waals surface area contributed by atoms with Gasteiger partial charge in [0.15, 0.2) is 0 Å². The number of anilines is 1. The number of hydrogen-bond acceptors (Lipinski definition) is 3. The lowest BCUT2D eigenvalue weighted by atomic mass is 10.0. The van der Waals surface area contributed by atoms with Crippen molar-refractivity contribution in [3.05, 3.63) is 65.2 Å². The first-order chi connectivity index (χ1) is 11.1. The molecule has 1 aliphatic rings. The van der Waals surface area contributed by atoms with E-state index in [9.17, 15) is 9.59 Å². The summed E-state index contributed by atoms with van der Waals surface area (Å²) in [6, 6.07) is 14.1. The van der Waals surface area contributed by atoms with E-state index in [2.05, 4.69) is 5.32 Å². The van der Waals surface area contributed by atoms with Crippen LogP contribution >= 0.6 is 0 Å². The lowest BCUT2D eigenvalue weighted by Crippen LogP contribution is -2.43. The highest BCUT2D eigenvalue weighted by molar-refractivity contribution is 6.01. The molecule has 118 valence electrons. The topological polar surface area (TPSA) is 69.6 Å². The summed E-state index contributed by atoms with van der Waals surface area (Å²) in [6.45, 7) is 2.66. The predicted octanol–water partition coefficient (Wildman–Crippen LogP) is 3.36.